The summed E-state index contributed by atoms with van der Waals surface area (Å²) in [6, 6.07) is 0. The molecule has 0 aromatic heterocycles. The monoisotopic (exact) mass is 230 g/mol. The van der Waals surface area contributed by atoms with E-state index in [1.165, 1.54) is 36.8 Å². The molecule has 0 bridgehead atoms. The SMILES string of the molecule is CCCC(C)=CSSC=C(C)CCC. The molecule has 0 aliphatic carbocycles. The molecule has 0 atom stereocenters. The van der Waals surface area contributed by atoms with E-state index in [0.717, 1.165) is 0 Å². The highest BCUT2D eigenvalue weighted by atomic mass is 33.1. The van der Waals surface area contributed by atoms with Gasteiger partial charge in [-0.2, -0.15) is 0 Å². The van der Waals surface area contributed by atoms with Gasteiger partial charge < -0.3 is 0 Å². The van der Waals surface area contributed by atoms with Crippen molar-refractivity contribution in [1.29, 1.82) is 0 Å². The minimum atomic E-state index is 1.23. The van der Waals surface area contributed by atoms with Crippen LogP contribution in [0.15, 0.2) is 22.0 Å². The van der Waals surface area contributed by atoms with Gasteiger partial charge in [-0.25, -0.2) is 0 Å². The summed E-state index contributed by atoms with van der Waals surface area (Å²) in [6.07, 6.45) is 4.95. The van der Waals surface area contributed by atoms with Gasteiger partial charge in [0.05, 0.1) is 0 Å². The van der Waals surface area contributed by atoms with Crippen LogP contribution in [0.25, 0.3) is 0 Å². The van der Waals surface area contributed by atoms with E-state index in [1.54, 1.807) is 0 Å². The highest BCUT2D eigenvalue weighted by Crippen LogP contribution is 2.28. The van der Waals surface area contributed by atoms with Gasteiger partial charge in [-0.3, -0.25) is 0 Å². The summed E-state index contributed by atoms with van der Waals surface area (Å²) in [5.74, 6) is 0. The second-order valence-corrected chi connectivity index (χ2v) is 5.63. The first-order valence-corrected chi connectivity index (χ1v) is 7.61. The summed E-state index contributed by atoms with van der Waals surface area (Å²) in [5, 5.41) is 4.54. The summed E-state index contributed by atoms with van der Waals surface area (Å²) < 4.78 is 0. The van der Waals surface area contributed by atoms with E-state index in [4.69, 9.17) is 0 Å². The van der Waals surface area contributed by atoms with E-state index < -0.39 is 0 Å². The van der Waals surface area contributed by atoms with Gasteiger partial charge in [0.15, 0.2) is 0 Å². The zero-order chi connectivity index (χ0) is 10.8. The Morgan fingerprint density at radius 3 is 1.50 bits per heavy atom. The fourth-order valence-electron chi connectivity index (χ4n) is 1.13. The third kappa shape index (κ3) is 8.76. The Labute approximate surface area is 97.0 Å². The molecule has 2 heteroatoms. The van der Waals surface area contributed by atoms with Crippen LogP contribution in [0.1, 0.15) is 53.4 Å². The molecule has 0 radical (unpaired) electrons. The van der Waals surface area contributed by atoms with Crippen molar-refractivity contribution in [3.05, 3.63) is 22.0 Å². The molecule has 0 heterocycles. The van der Waals surface area contributed by atoms with Crippen molar-refractivity contribution in [3.8, 4) is 0 Å². The second kappa shape index (κ2) is 9.72. The van der Waals surface area contributed by atoms with Crippen LogP contribution in [0.2, 0.25) is 0 Å². The van der Waals surface area contributed by atoms with Gasteiger partial charge in [-0.15, -0.1) is 0 Å². The highest BCUT2D eigenvalue weighted by molar-refractivity contribution is 8.78. The quantitative estimate of drug-likeness (QED) is 0.402. The lowest BCUT2D eigenvalue weighted by atomic mass is 10.2. The first-order chi connectivity index (χ1) is 6.70. The molecule has 0 aliphatic rings. The van der Waals surface area contributed by atoms with E-state index in [-0.39, 0.29) is 0 Å². The van der Waals surface area contributed by atoms with Gasteiger partial charge >= 0.3 is 0 Å². The van der Waals surface area contributed by atoms with Gasteiger partial charge in [-0.1, -0.05) is 59.4 Å². The average molecular weight is 230 g/mol. The summed E-state index contributed by atoms with van der Waals surface area (Å²) >= 11 is 0. The normalized spacial score (nSPS) is 13.4. The fourth-order valence-corrected chi connectivity index (χ4v) is 3.12. The molecular weight excluding hydrogens is 208 g/mol. The van der Waals surface area contributed by atoms with E-state index >= 15 is 0 Å². The van der Waals surface area contributed by atoms with Crippen LogP contribution < -0.4 is 0 Å². The van der Waals surface area contributed by atoms with Crippen LogP contribution in [0.3, 0.4) is 0 Å². The molecule has 0 aromatic rings. The topological polar surface area (TPSA) is 0 Å². The first-order valence-electron chi connectivity index (χ1n) is 5.34. The van der Waals surface area contributed by atoms with Crippen molar-refractivity contribution in [3.63, 3.8) is 0 Å². The van der Waals surface area contributed by atoms with Gasteiger partial charge in [0.1, 0.15) is 0 Å². The Morgan fingerprint density at radius 1 is 0.857 bits per heavy atom. The summed E-state index contributed by atoms with van der Waals surface area (Å²) in [4.78, 5) is 0. The number of hydrogen-bond donors (Lipinski definition) is 0. The molecule has 0 rings (SSSR count). The van der Waals surface area contributed by atoms with Crippen molar-refractivity contribution < 1.29 is 0 Å². The zero-order valence-corrected chi connectivity index (χ0v) is 11.4. The Hall–Kier alpha value is 0.180. The lowest BCUT2D eigenvalue weighted by Crippen LogP contribution is -1.72. The van der Waals surface area contributed by atoms with Gasteiger partial charge in [-0.05, 0) is 37.5 Å². The van der Waals surface area contributed by atoms with E-state index in [2.05, 4.69) is 38.5 Å². The zero-order valence-electron chi connectivity index (χ0n) is 9.80. The van der Waals surface area contributed by atoms with Crippen LogP contribution in [-0.2, 0) is 0 Å². The lowest BCUT2D eigenvalue weighted by Gasteiger charge is -1.97. The maximum Gasteiger partial charge on any atom is -0.0189 e. The number of hydrogen-bond acceptors (Lipinski definition) is 2. The van der Waals surface area contributed by atoms with Crippen LogP contribution in [0.4, 0.5) is 0 Å². The molecule has 0 fully saturated rings. The summed E-state index contributed by atoms with van der Waals surface area (Å²) in [6.45, 7) is 8.86. The van der Waals surface area contributed by atoms with Crippen molar-refractivity contribution in [2.45, 2.75) is 53.4 Å². The average Bonchev–Trinajstić information content (AvgIpc) is 2.13. The van der Waals surface area contributed by atoms with Crippen LogP contribution >= 0.6 is 21.6 Å². The highest BCUT2D eigenvalue weighted by Gasteiger charge is 1.89. The largest absolute Gasteiger partial charge is 0.0662 e. The lowest BCUT2D eigenvalue weighted by molar-refractivity contribution is 0.908. The molecule has 0 amide bonds. The minimum Gasteiger partial charge on any atom is -0.0662 e. The summed E-state index contributed by atoms with van der Waals surface area (Å²) in [5.41, 5.74) is 2.98. The Bertz CT molecular complexity index is 170. The van der Waals surface area contributed by atoms with Crippen molar-refractivity contribution in [2.24, 2.45) is 0 Å². The second-order valence-electron chi connectivity index (χ2n) is 3.62. The van der Waals surface area contributed by atoms with E-state index in [1.807, 2.05) is 21.6 Å². The molecule has 0 aromatic carbocycles. The van der Waals surface area contributed by atoms with E-state index in [0.29, 0.717) is 0 Å². The van der Waals surface area contributed by atoms with Gasteiger partial charge in [0.2, 0.25) is 0 Å². The molecule has 0 spiro atoms. The third-order valence-corrected chi connectivity index (χ3v) is 3.86. The Balaban J connectivity index is 3.63. The maximum absolute atomic E-state index is 2.27. The summed E-state index contributed by atoms with van der Waals surface area (Å²) in [7, 11) is 3.67. The maximum atomic E-state index is 2.27. The van der Waals surface area contributed by atoms with Crippen molar-refractivity contribution in [1.82, 2.24) is 0 Å². The molecule has 0 N–H and O–H groups in total. The first kappa shape index (κ1) is 14.2. The van der Waals surface area contributed by atoms with E-state index in [9.17, 15) is 0 Å². The number of rotatable bonds is 7. The fraction of sp³-hybridized carbons (Fsp3) is 0.667. The van der Waals surface area contributed by atoms with Crippen LogP contribution in [0, 0.1) is 0 Å². The van der Waals surface area contributed by atoms with Crippen LogP contribution in [-0.4, -0.2) is 0 Å². The molecule has 0 aliphatic heterocycles. The third-order valence-electron chi connectivity index (χ3n) is 1.84. The van der Waals surface area contributed by atoms with Crippen molar-refractivity contribution >= 4 is 21.6 Å². The molecule has 0 saturated heterocycles. The Morgan fingerprint density at radius 2 is 1.21 bits per heavy atom. The Kier molecular flexibility index (Phi) is 9.85. The molecule has 0 saturated carbocycles. The predicted molar refractivity (Wildman–Crippen MR) is 72.5 cm³/mol. The minimum absolute atomic E-state index is 1.23. The molecule has 82 valence electrons. The standard InChI is InChI=1S/C12H22S2/c1-5-7-11(3)9-13-14-10-12(4)8-6-2/h9-10H,5-8H2,1-4H3. The number of allylic oxidation sites excluding steroid dienone is 2. The van der Waals surface area contributed by atoms with Gasteiger partial charge in [0, 0.05) is 0 Å². The predicted octanol–water partition coefficient (Wildman–Crippen LogP) is 5.78. The molecule has 0 nitrogen and oxygen atoms in total. The smallest absolute Gasteiger partial charge is 0.0189 e. The van der Waals surface area contributed by atoms with Crippen LogP contribution in [0.5, 0.6) is 0 Å². The van der Waals surface area contributed by atoms with Crippen molar-refractivity contribution in [2.75, 3.05) is 0 Å². The molecule has 14 heavy (non-hydrogen) atoms. The molecular formula is C12H22S2. The van der Waals surface area contributed by atoms with Gasteiger partial charge in [0.25, 0.3) is 0 Å². The molecule has 0 unspecified atom stereocenters.